The van der Waals surface area contributed by atoms with Crippen molar-refractivity contribution in [1.29, 1.82) is 0 Å². The van der Waals surface area contributed by atoms with Crippen LogP contribution >= 0.6 is 23.2 Å². The van der Waals surface area contributed by atoms with Crippen LogP contribution in [-0.4, -0.2) is 23.9 Å². The third-order valence-corrected chi connectivity index (χ3v) is 7.87. The molecule has 0 aromatic heterocycles. The largest absolute Gasteiger partial charge is 0.496 e. The number of hydrogen-bond donors (Lipinski definition) is 2. The number of nitrogens with one attached hydrogen (secondary N) is 2. The summed E-state index contributed by atoms with van der Waals surface area (Å²) in [6, 6.07) is 14.3. The van der Waals surface area contributed by atoms with Crippen LogP contribution in [0.25, 0.3) is 0 Å². The van der Waals surface area contributed by atoms with E-state index in [0.717, 1.165) is 0 Å². The Hall–Kier alpha value is -2.46. The number of aryl methyl sites for hydroxylation is 1. The smallest absolute Gasteiger partial charge is 0.261 e. The second kappa shape index (κ2) is 8.96. The molecule has 0 aliphatic heterocycles. The summed E-state index contributed by atoms with van der Waals surface area (Å²) in [5, 5.41) is 0.285. The monoisotopic (exact) mass is 500 g/mol. The summed E-state index contributed by atoms with van der Waals surface area (Å²) in [4.78, 5) is -0.0217. The fourth-order valence-corrected chi connectivity index (χ4v) is 5.34. The molecule has 2 N–H and O–H groups in total. The molecule has 0 saturated carbocycles. The van der Waals surface area contributed by atoms with Crippen LogP contribution in [0.4, 0.5) is 11.4 Å². The molecule has 7 nitrogen and oxygen atoms in total. The van der Waals surface area contributed by atoms with Crippen molar-refractivity contribution in [2.24, 2.45) is 0 Å². The summed E-state index contributed by atoms with van der Waals surface area (Å²) in [6.07, 6.45) is 0. The summed E-state index contributed by atoms with van der Waals surface area (Å²) >= 11 is 11.9. The summed E-state index contributed by atoms with van der Waals surface area (Å²) in [7, 11) is -6.33. The van der Waals surface area contributed by atoms with Gasteiger partial charge in [-0.25, -0.2) is 16.8 Å². The molecule has 0 fully saturated rings. The highest BCUT2D eigenvalue weighted by Crippen LogP contribution is 2.31. The lowest BCUT2D eigenvalue weighted by atomic mass is 10.2. The van der Waals surface area contributed by atoms with Gasteiger partial charge in [0.25, 0.3) is 20.0 Å². The average molecular weight is 501 g/mol. The summed E-state index contributed by atoms with van der Waals surface area (Å²) in [6.45, 7) is 1.73. The Labute approximate surface area is 191 Å². The van der Waals surface area contributed by atoms with Crippen LogP contribution in [0.5, 0.6) is 5.75 Å². The van der Waals surface area contributed by atoms with Crippen LogP contribution in [0.15, 0.2) is 70.5 Å². The number of ether oxygens (including phenoxy) is 1. The Bertz CT molecular complexity index is 1330. The molecular weight excluding hydrogens is 483 g/mol. The molecule has 3 aromatic rings. The molecule has 0 amide bonds. The highest BCUT2D eigenvalue weighted by atomic mass is 35.5. The van der Waals surface area contributed by atoms with Gasteiger partial charge < -0.3 is 4.74 Å². The third kappa shape index (κ3) is 5.24. The molecule has 0 aliphatic carbocycles. The van der Waals surface area contributed by atoms with Gasteiger partial charge in [-0.05, 0) is 67.1 Å². The van der Waals surface area contributed by atoms with Gasteiger partial charge in [-0.15, -0.1) is 0 Å². The van der Waals surface area contributed by atoms with E-state index >= 15 is 0 Å². The fraction of sp³-hybridized carbons (Fsp3) is 0.100. The van der Waals surface area contributed by atoms with Crippen molar-refractivity contribution >= 4 is 54.6 Å². The summed E-state index contributed by atoms with van der Waals surface area (Å²) in [5.41, 5.74) is 1.000. The standard InChI is InChI=1S/C20H18Cl2N2O5S2/c1-13-12-16(10-11-19(13)29-2)31(27,28)23-14-6-8-15(9-7-14)30(25,26)24-18-5-3-4-17(21)20(18)22/h3-12,23-24H,1-2H3. The third-order valence-electron chi connectivity index (χ3n) is 4.29. The second-order valence-corrected chi connectivity index (χ2v) is 10.6. The predicted octanol–water partition coefficient (Wildman–Crippen LogP) is 4.91. The Morgan fingerprint density at radius 2 is 1.42 bits per heavy atom. The van der Waals surface area contributed by atoms with E-state index in [1.54, 1.807) is 19.1 Å². The van der Waals surface area contributed by atoms with Crippen LogP contribution in [0.3, 0.4) is 0 Å². The summed E-state index contributed by atoms with van der Waals surface area (Å²) < 4.78 is 60.4. The molecule has 3 aromatic carbocycles. The van der Waals surface area contributed by atoms with Crippen molar-refractivity contribution in [3.05, 3.63) is 76.3 Å². The minimum absolute atomic E-state index is 0.0553. The van der Waals surface area contributed by atoms with E-state index in [0.29, 0.717) is 11.3 Å². The minimum atomic E-state index is -3.96. The molecule has 0 aliphatic rings. The lowest BCUT2D eigenvalue weighted by Gasteiger charge is -2.12. The van der Waals surface area contributed by atoms with E-state index in [1.807, 2.05) is 0 Å². The SMILES string of the molecule is COc1ccc(S(=O)(=O)Nc2ccc(S(=O)(=O)Nc3cccc(Cl)c3Cl)cc2)cc1C. The first-order valence-corrected chi connectivity index (χ1v) is 12.5. The number of hydrogen-bond acceptors (Lipinski definition) is 5. The first-order valence-electron chi connectivity index (χ1n) is 8.78. The van der Waals surface area contributed by atoms with Crippen molar-refractivity contribution in [3.8, 4) is 5.75 Å². The molecule has 0 saturated heterocycles. The lowest BCUT2D eigenvalue weighted by molar-refractivity contribution is 0.411. The molecule has 31 heavy (non-hydrogen) atoms. The topological polar surface area (TPSA) is 102 Å². The van der Waals surface area contributed by atoms with E-state index in [2.05, 4.69) is 9.44 Å². The van der Waals surface area contributed by atoms with Gasteiger partial charge in [-0.1, -0.05) is 29.3 Å². The van der Waals surface area contributed by atoms with E-state index in [4.69, 9.17) is 27.9 Å². The van der Waals surface area contributed by atoms with Crippen LogP contribution in [-0.2, 0) is 20.0 Å². The zero-order chi connectivity index (χ0) is 22.8. The second-order valence-electron chi connectivity index (χ2n) is 6.47. The molecule has 0 bridgehead atoms. The Kier molecular flexibility index (Phi) is 6.70. The Morgan fingerprint density at radius 3 is 2.03 bits per heavy atom. The van der Waals surface area contributed by atoms with Crippen molar-refractivity contribution < 1.29 is 21.6 Å². The number of halogens is 2. The fourth-order valence-electron chi connectivity index (χ4n) is 2.72. The van der Waals surface area contributed by atoms with Gasteiger partial charge in [-0.2, -0.15) is 0 Å². The first kappa shape index (κ1) is 23.2. The molecule has 3 rings (SSSR count). The molecule has 0 unspecified atom stereocenters. The van der Waals surface area contributed by atoms with E-state index < -0.39 is 20.0 Å². The molecule has 0 radical (unpaired) electrons. The number of sulfonamides is 2. The normalized spacial score (nSPS) is 11.7. The number of anilines is 2. The molecule has 164 valence electrons. The van der Waals surface area contributed by atoms with Gasteiger partial charge in [0.05, 0.1) is 32.6 Å². The number of rotatable bonds is 7. The number of benzene rings is 3. The maximum absolute atomic E-state index is 12.6. The maximum Gasteiger partial charge on any atom is 0.261 e. The highest BCUT2D eigenvalue weighted by Gasteiger charge is 2.19. The molecule has 0 spiro atoms. The van der Waals surface area contributed by atoms with E-state index in [9.17, 15) is 16.8 Å². The van der Waals surface area contributed by atoms with Crippen LogP contribution in [0.2, 0.25) is 10.0 Å². The highest BCUT2D eigenvalue weighted by molar-refractivity contribution is 7.93. The molecule has 0 atom stereocenters. The van der Waals surface area contributed by atoms with Gasteiger partial charge >= 0.3 is 0 Å². The zero-order valence-electron chi connectivity index (χ0n) is 16.4. The van der Waals surface area contributed by atoms with E-state index in [1.165, 1.54) is 55.6 Å². The predicted molar refractivity (Wildman–Crippen MR) is 122 cm³/mol. The first-order chi connectivity index (χ1) is 14.5. The van der Waals surface area contributed by atoms with Gasteiger partial charge in [0, 0.05) is 5.69 Å². The van der Waals surface area contributed by atoms with Gasteiger partial charge in [0.1, 0.15) is 5.75 Å². The van der Waals surface area contributed by atoms with E-state index in [-0.39, 0.29) is 31.2 Å². The average Bonchev–Trinajstić information content (AvgIpc) is 2.71. The Balaban J connectivity index is 1.81. The van der Waals surface area contributed by atoms with Gasteiger partial charge in [0.15, 0.2) is 0 Å². The molecule has 0 heterocycles. The van der Waals surface area contributed by atoms with Crippen LogP contribution in [0, 0.1) is 6.92 Å². The number of methoxy groups -OCH3 is 1. The van der Waals surface area contributed by atoms with Crippen molar-refractivity contribution in [2.45, 2.75) is 16.7 Å². The molecule has 11 heteroatoms. The van der Waals surface area contributed by atoms with Crippen LogP contribution < -0.4 is 14.2 Å². The Morgan fingerprint density at radius 1 is 0.806 bits per heavy atom. The van der Waals surface area contributed by atoms with Crippen LogP contribution in [0.1, 0.15) is 5.56 Å². The van der Waals surface area contributed by atoms with Crippen molar-refractivity contribution in [3.63, 3.8) is 0 Å². The quantitative estimate of drug-likeness (QED) is 0.479. The summed E-state index contributed by atoms with van der Waals surface area (Å²) in [5.74, 6) is 0.570. The molecular formula is C20H18Cl2N2O5S2. The van der Waals surface area contributed by atoms with Crippen molar-refractivity contribution in [1.82, 2.24) is 0 Å². The maximum atomic E-state index is 12.6. The minimum Gasteiger partial charge on any atom is -0.496 e. The zero-order valence-corrected chi connectivity index (χ0v) is 19.5. The van der Waals surface area contributed by atoms with Crippen molar-refractivity contribution in [2.75, 3.05) is 16.6 Å². The van der Waals surface area contributed by atoms with Gasteiger partial charge in [-0.3, -0.25) is 9.44 Å². The van der Waals surface area contributed by atoms with Gasteiger partial charge in [0.2, 0.25) is 0 Å². The lowest BCUT2D eigenvalue weighted by Crippen LogP contribution is -2.15.